The largest absolute Gasteiger partial charge is 0.371 e. The number of anilines is 1. The number of nitrogens with two attached hydrogens (primary N) is 1. The molecule has 1 aliphatic rings. The molecule has 0 aliphatic heterocycles. The van der Waals surface area contributed by atoms with Crippen LogP contribution >= 0.6 is 0 Å². The minimum atomic E-state index is -0.705. The summed E-state index contributed by atoms with van der Waals surface area (Å²) in [5.41, 5.74) is 5.65. The Hall–Kier alpha value is -1.58. The van der Waals surface area contributed by atoms with Gasteiger partial charge in [0.1, 0.15) is 11.4 Å². The van der Waals surface area contributed by atoms with E-state index >= 15 is 0 Å². The van der Waals surface area contributed by atoms with Crippen LogP contribution in [0.1, 0.15) is 33.1 Å². The summed E-state index contributed by atoms with van der Waals surface area (Å²) < 4.78 is 12.9. The summed E-state index contributed by atoms with van der Waals surface area (Å²) in [6.07, 6.45) is 2.42. The third kappa shape index (κ3) is 2.88. The van der Waals surface area contributed by atoms with E-state index in [0.717, 1.165) is 24.9 Å². The second kappa shape index (κ2) is 5.19. The lowest BCUT2D eigenvalue weighted by Crippen LogP contribution is -2.54. The first-order valence-corrected chi connectivity index (χ1v) is 6.76. The summed E-state index contributed by atoms with van der Waals surface area (Å²) >= 11 is 0. The Balaban J connectivity index is 2.21. The molecule has 2 rings (SSSR count). The van der Waals surface area contributed by atoms with Gasteiger partial charge >= 0.3 is 0 Å². The van der Waals surface area contributed by atoms with Gasteiger partial charge in [-0.25, -0.2) is 4.39 Å². The molecule has 3 atom stereocenters. The van der Waals surface area contributed by atoms with E-state index in [9.17, 15) is 9.18 Å². The van der Waals surface area contributed by atoms with Crippen LogP contribution < -0.4 is 11.1 Å². The molecule has 0 radical (unpaired) electrons. The van der Waals surface area contributed by atoms with Gasteiger partial charge in [0.25, 0.3) is 0 Å². The van der Waals surface area contributed by atoms with Crippen LogP contribution in [0.3, 0.4) is 0 Å². The maximum absolute atomic E-state index is 12.9. The van der Waals surface area contributed by atoms with Crippen molar-refractivity contribution in [2.45, 2.75) is 38.6 Å². The van der Waals surface area contributed by atoms with Gasteiger partial charge < -0.3 is 11.1 Å². The van der Waals surface area contributed by atoms with E-state index in [1.165, 1.54) is 12.1 Å². The molecule has 104 valence electrons. The van der Waals surface area contributed by atoms with Gasteiger partial charge in [-0.15, -0.1) is 0 Å². The van der Waals surface area contributed by atoms with Crippen LogP contribution in [0.4, 0.5) is 10.1 Å². The molecule has 1 aromatic rings. The van der Waals surface area contributed by atoms with Gasteiger partial charge in [-0.2, -0.15) is 0 Å². The number of hydrogen-bond acceptors (Lipinski definition) is 2. The lowest BCUT2D eigenvalue weighted by Gasteiger charge is -2.41. The van der Waals surface area contributed by atoms with Crippen LogP contribution in [0.25, 0.3) is 0 Å². The number of amides is 1. The Kier molecular flexibility index (Phi) is 3.78. The molecular weight excluding hydrogens is 243 g/mol. The second-order valence-electron chi connectivity index (χ2n) is 5.78. The van der Waals surface area contributed by atoms with E-state index in [2.05, 4.69) is 19.2 Å². The molecule has 0 saturated heterocycles. The molecule has 4 heteroatoms. The van der Waals surface area contributed by atoms with Crippen molar-refractivity contribution in [1.29, 1.82) is 0 Å². The van der Waals surface area contributed by atoms with Crippen molar-refractivity contribution in [2.75, 3.05) is 5.32 Å². The molecule has 0 spiro atoms. The lowest BCUT2D eigenvalue weighted by molar-refractivity contribution is -0.124. The van der Waals surface area contributed by atoms with Gasteiger partial charge in [0, 0.05) is 5.69 Å². The fourth-order valence-electron chi connectivity index (χ4n) is 2.82. The fourth-order valence-corrected chi connectivity index (χ4v) is 2.82. The third-order valence-corrected chi connectivity index (χ3v) is 4.37. The Morgan fingerprint density at radius 3 is 2.47 bits per heavy atom. The van der Waals surface area contributed by atoms with E-state index in [1.807, 2.05) is 0 Å². The SMILES string of the molecule is CC1CCC(Nc2ccc(F)cc2)(C(N)=O)CC1C. The molecule has 3 unspecified atom stereocenters. The maximum Gasteiger partial charge on any atom is 0.243 e. The topological polar surface area (TPSA) is 55.1 Å². The highest BCUT2D eigenvalue weighted by Gasteiger charge is 2.42. The highest BCUT2D eigenvalue weighted by molar-refractivity contribution is 5.88. The van der Waals surface area contributed by atoms with Gasteiger partial charge in [-0.05, 0) is 55.4 Å². The number of halogens is 1. The molecule has 3 N–H and O–H groups in total. The summed E-state index contributed by atoms with van der Waals surface area (Å²) in [4.78, 5) is 11.9. The number of carbonyl (C=O) groups excluding carboxylic acids is 1. The second-order valence-corrected chi connectivity index (χ2v) is 5.78. The summed E-state index contributed by atoms with van der Waals surface area (Å²) in [5.74, 6) is 0.427. The molecule has 1 aliphatic carbocycles. The van der Waals surface area contributed by atoms with Crippen molar-refractivity contribution >= 4 is 11.6 Å². The van der Waals surface area contributed by atoms with Crippen molar-refractivity contribution < 1.29 is 9.18 Å². The standard InChI is InChI=1S/C15H21FN2O/c1-10-7-8-15(14(17)19,9-11(10)2)18-13-5-3-12(16)4-6-13/h3-6,10-11,18H,7-9H2,1-2H3,(H2,17,19). The van der Waals surface area contributed by atoms with Crippen molar-refractivity contribution in [1.82, 2.24) is 0 Å². The van der Waals surface area contributed by atoms with Crippen LogP contribution in [0.15, 0.2) is 24.3 Å². The van der Waals surface area contributed by atoms with Crippen molar-refractivity contribution in [3.8, 4) is 0 Å². The lowest BCUT2D eigenvalue weighted by atomic mass is 9.70. The number of rotatable bonds is 3. The van der Waals surface area contributed by atoms with Crippen LogP contribution in [0.2, 0.25) is 0 Å². The first kappa shape index (κ1) is 13.8. The fraction of sp³-hybridized carbons (Fsp3) is 0.533. The number of benzene rings is 1. The molecule has 3 nitrogen and oxygen atoms in total. The Labute approximate surface area is 113 Å². The third-order valence-electron chi connectivity index (χ3n) is 4.37. The zero-order valence-corrected chi connectivity index (χ0v) is 11.4. The van der Waals surface area contributed by atoms with Crippen LogP contribution in [0, 0.1) is 17.7 Å². The van der Waals surface area contributed by atoms with E-state index in [4.69, 9.17) is 5.73 Å². The highest BCUT2D eigenvalue weighted by Crippen LogP contribution is 2.38. The van der Waals surface area contributed by atoms with E-state index in [-0.39, 0.29) is 11.7 Å². The highest BCUT2D eigenvalue weighted by atomic mass is 19.1. The first-order valence-electron chi connectivity index (χ1n) is 6.76. The summed E-state index contributed by atoms with van der Waals surface area (Å²) in [5, 5.41) is 3.23. The minimum Gasteiger partial charge on any atom is -0.371 e. The number of nitrogens with one attached hydrogen (secondary N) is 1. The van der Waals surface area contributed by atoms with Gasteiger partial charge in [0.05, 0.1) is 0 Å². The summed E-state index contributed by atoms with van der Waals surface area (Å²) in [6, 6.07) is 6.04. The zero-order chi connectivity index (χ0) is 14.0. The molecule has 1 fully saturated rings. The van der Waals surface area contributed by atoms with Gasteiger partial charge in [-0.3, -0.25) is 4.79 Å². The number of primary amides is 1. The Morgan fingerprint density at radius 2 is 1.95 bits per heavy atom. The zero-order valence-electron chi connectivity index (χ0n) is 11.4. The van der Waals surface area contributed by atoms with E-state index in [1.54, 1.807) is 12.1 Å². The van der Waals surface area contributed by atoms with Gasteiger partial charge in [0.2, 0.25) is 5.91 Å². The van der Waals surface area contributed by atoms with Crippen LogP contribution in [-0.2, 0) is 4.79 Å². The molecule has 0 heterocycles. The maximum atomic E-state index is 12.9. The molecular formula is C15H21FN2O. The monoisotopic (exact) mass is 264 g/mol. The average molecular weight is 264 g/mol. The number of hydrogen-bond donors (Lipinski definition) is 2. The normalized spacial score (nSPS) is 30.9. The van der Waals surface area contributed by atoms with Crippen molar-refractivity contribution in [2.24, 2.45) is 17.6 Å². The van der Waals surface area contributed by atoms with E-state index < -0.39 is 5.54 Å². The molecule has 0 bridgehead atoms. The van der Waals surface area contributed by atoms with Crippen LogP contribution in [-0.4, -0.2) is 11.4 Å². The predicted molar refractivity (Wildman–Crippen MR) is 74.1 cm³/mol. The molecule has 1 aromatic carbocycles. The molecule has 0 aromatic heterocycles. The first-order chi connectivity index (χ1) is 8.93. The predicted octanol–water partition coefficient (Wildman–Crippen LogP) is 2.92. The van der Waals surface area contributed by atoms with Crippen LogP contribution in [0.5, 0.6) is 0 Å². The Morgan fingerprint density at radius 1 is 1.32 bits per heavy atom. The quantitative estimate of drug-likeness (QED) is 0.882. The number of carbonyl (C=O) groups is 1. The summed E-state index contributed by atoms with van der Waals surface area (Å²) in [7, 11) is 0. The Bertz CT molecular complexity index is 460. The van der Waals surface area contributed by atoms with Gasteiger partial charge in [-0.1, -0.05) is 13.8 Å². The van der Waals surface area contributed by atoms with E-state index in [0.29, 0.717) is 11.8 Å². The molecule has 1 amide bonds. The molecule has 19 heavy (non-hydrogen) atoms. The van der Waals surface area contributed by atoms with Gasteiger partial charge in [0.15, 0.2) is 0 Å². The van der Waals surface area contributed by atoms with Crippen molar-refractivity contribution in [3.63, 3.8) is 0 Å². The average Bonchev–Trinajstić information content (AvgIpc) is 2.37. The molecule has 1 saturated carbocycles. The minimum absolute atomic E-state index is 0.288. The van der Waals surface area contributed by atoms with Crippen molar-refractivity contribution in [3.05, 3.63) is 30.1 Å². The summed E-state index contributed by atoms with van der Waals surface area (Å²) in [6.45, 7) is 4.35. The smallest absolute Gasteiger partial charge is 0.243 e.